The van der Waals surface area contributed by atoms with Crippen LogP contribution in [-0.4, -0.2) is 5.11 Å². The Morgan fingerprint density at radius 2 is 2.00 bits per heavy atom. The van der Waals surface area contributed by atoms with Crippen molar-refractivity contribution < 1.29 is 18.7 Å². The normalized spacial score (nSPS) is 25.1. The summed E-state index contributed by atoms with van der Waals surface area (Å²) in [5.41, 5.74) is 0. The molecule has 0 spiro atoms. The quantitative estimate of drug-likeness (QED) is 0.484. The first kappa shape index (κ1) is 3.38. The van der Waals surface area contributed by atoms with E-state index in [4.69, 9.17) is 5.11 Å². The minimum absolute atomic E-state index is 0.131. The van der Waals surface area contributed by atoms with Crippen LogP contribution in [0.4, 0.5) is 0 Å². The molecule has 0 aromatic carbocycles. The lowest BCUT2D eigenvalue weighted by molar-refractivity contribution is 0.141. The van der Waals surface area contributed by atoms with E-state index in [1.54, 1.807) is 0 Å². The molecule has 0 amide bonds. The van der Waals surface area contributed by atoms with Gasteiger partial charge < -0.3 is 18.7 Å². The first-order valence-corrected chi connectivity index (χ1v) is 2.73. The third kappa shape index (κ3) is 0.258. The van der Waals surface area contributed by atoms with Gasteiger partial charge in [-0.05, 0) is 0 Å². The van der Waals surface area contributed by atoms with E-state index >= 15 is 0 Å². The maximum absolute atomic E-state index is 8.46. The van der Waals surface area contributed by atoms with Gasteiger partial charge >= 0.3 is 20.5 Å². The molecule has 3 aliphatic rings. The van der Waals surface area contributed by atoms with Gasteiger partial charge in [-0.2, -0.15) is 0 Å². The first-order chi connectivity index (χ1) is 3.36. The molecular weight excluding hydrogens is 119 g/mol. The molecule has 3 rings (SSSR count). The Labute approximate surface area is 40.3 Å². The topological polar surface area (TPSA) is 47.9 Å². The molecule has 4 nitrogen and oxygen atoms in total. The Bertz CT molecular complexity index is 133. The Morgan fingerprint density at radius 1 is 1.29 bits per heavy atom. The van der Waals surface area contributed by atoms with Crippen LogP contribution < -0.4 is 0 Å². The van der Waals surface area contributed by atoms with Crippen molar-refractivity contribution in [2.75, 3.05) is 0 Å². The van der Waals surface area contributed by atoms with Crippen molar-refractivity contribution in [3.63, 3.8) is 0 Å². The number of hydrogen-bond donors (Lipinski definition) is 1. The molecular formula is C2HO4P. The van der Waals surface area contributed by atoms with Gasteiger partial charge in [0.05, 0.1) is 0 Å². The molecule has 7 heavy (non-hydrogen) atoms. The number of rotatable bonds is 0. The second-order valence-electron chi connectivity index (χ2n) is 1.09. The summed E-state index contributed by atoms with van der Waals surface area (Å²) in [6, 6.07) is 0. The minimum atomic E-state index is -1.18. The molecule has 0 saturated carbocycles. The van der Waals surface area contributed by atoms with Gasteiger partial charge in [-0.3, -0.25) is 0 Å². The van der Waals surface area contributed by atoms with Gasteiger partial charge in [0, 0.05) is 0 Å². The molecule has 3 aliphatic heterocycles. The lowest BCUT2D eigenvalue weighted by Crippen LogP contribution is -1.94. The third-order valence-corrected chi connectivity index (χ3v) is 1.60. The summed E-state index contributed by atoms with van der Waals surface area (Å²) in [6.45, 7) is 0. The largest absolute Gasteiger partial charge is 0.538 e. The number of aliphatic hydroxyl groups is 1. The highest BCUT2D eigenvalue weighted by Gasteiger charge is 2.46. The fraction of sp³-hybridized carbons (Fsp3) is 0. The van der Waals surface area contributed by atoms with Crippen LogP contribution in [0.1, 0.15) is 0 Å². The van der Waals surface area contributed by atoms with Gasteiger partial charge in [-0.25, -0.2) is 0 Å². The predicted molar refractivity (Wildman–Crippen MR) is 19.8 cm³/mol. The molecule has 0 radical (unpaired) electrons. The summed E-state index contributed by atoms with van der Waals surface area (Å²) >= 11 is 0. The van der Waals surface area contributed by atoms with Gasteiger partial charge in [0.25, 0.3) is 0 Å². The number of fused-ring (bicyclic) bond motifs is 1. The standard InChI is InChI=1S/C2HO4P/c3-1-2-5-7(4-1)6-2/h3H. The van der Waals surface area contributed by atoms with Crippen LogP contribution in [0.5, 0.6) is 0 Å². The second-order valence-corrected chi connectivity index (χ2v) is 2.09. The highest BCUT2D eigenvalue weighted by Crippen LogP contribution is 2.62. The second kappa shape index (κ2) is 0.793. The van der Waals surface area contributed by atoms with Crippen LogP contribution in [-0.2, 0) is 13.6 Å². The van der Waals surface area contributed by atoms with Crippen LogP contribution >= 0.6 is 8.60 Å². The molecule has 0 aliphatic carbocycles. The zero-order valence-electron chi connectivity index (χ0n) is 3.12. The highest BCUT2D eigenvalue weighted by molar-refractivity contribution is 7.43. The van der Waals surface area contributed by atoms with E-state index in [0.29, 0.717) is 0 Å². The molecule has 0 unspecified atom stereocenters. The highest BCUT2D eigenvalue weighted by atomic mass is 31.2. The fourth-order valence-corrected chi connectivity index (χ4v) is 1.10. The van der Waals surface area contributed by atoms with Crippen molar-refractivity contribution in [2.45, 2.75) is 0 Å². The van der Waals surface area contributed by atoms with Crippen LogP contribution in [0.3, 0.4) is 0 Å². The van der Waals surface area contributed by atoms with Crippen molar-refractivity contribution in [1.82, 2.24) is 0 Å². The SMILES string of the molecule is OC1=C2OP(O1)O2. The van der Waals surface area contributed by atoms with E-state index < -0.39 is 8.60 Å². The maximum Gasteiger partial charge on any atom is 0.538 e. The van der Waals surface area contributed by atoms with Gasteiger partial charge in [0.2, 0.25) is 0 Å². The monoisotopic (exact) mass is 120 g/mol. The summed E-state index contributed by atoms with van der Waals surface area (Å²) in [5, 5.41) is 8.46. The minimum Gasteiger partial charge on any atom is -0.476 e. The lowest BCUT2D eigenvalue weighted by Gasteiger charge is -2.12. The molecule has 5 heteroatoms. The summed E-state index contributed by atoms with van der Waals surface area (Å²) in [5.74, 6) is -0.0859. The smallest absolute Gasteiger partial charge is 0.476 e. The summed E-state index contributed by atoms with van der Waals surface area (Å²) in [7, 11) is -1.18. The molecule has 1 fully saturated rings. The average molecular weight is 120 g/mol. The predicted octanol–water partition coefficient (Wildman–Crippen LogP) is 0.975. The molecule has 2 bridgehead atoms. The maximum atomic E-state index is 8.46. The van der Waals surface area contributed by atoms with Gasteiger partial charge in [0.15, 0.2) is 0 Å². The van der Waals surface area contributed by atoms with Crippen molar-refractivity contribution in [3.8, 4) is 0 Å². The van der Waals surface area contributed by atoms with E-state index in [9.17, 15) is 0 Å². The van der Waals surface area contributed by atoms with Crippen molar-refractivity contribution >= 4 is 8.60 Å². The van der Waals surface area contributed by atoms with E-state index in [2.05, 4.69) is 13.6 Å². The van der Waals surface area contributed by atoms with Gasteiger partial charge in [0.1, 0.15) is 0 Å². The molecule has 0 aromatic rings. The first-order valence-electron chi connectivity index (χ1n) is 1.63. The van der Waals surface area contributed by atoms with E-state index in [-0.39, 0.29) is 11.9 Å². The van der Waals surface area contributed by atoms with Crippen molar-refractivity contribution in [2.24, 2.45) is 0 Å². The molecule has 1 N–H and O–H groups in total. The van der Waals surface area contributed by atoms with Crippen molar-refractivity contribution in [3.05, 3.63) is 11.9 Å². The molecule has 0 aromatic heterocycles. The molecule has 0 atom stereocenters. The van der Waals surface area contributed by atoms with E-state index in [1.807, 2.05) is 0 Å². The Morgan fingerprint density at radius 3 is 2.14 bits per heavy atom. The number of aliphatic hydroxyl groups excluding tert-OH is 1. The van der Waals surface area contributed by atoms with Crippen LogP contribution in [0.2, 0.25) is 0 Å². The van der Waals surface area contributed by atoms with Gasteiger partial charge in [-0.15, -0.1) is 0 Å². The Kier molecular flexibility index (Phi) is 0.383. The molecule has 1 saturated heterocycles. The van der Waals surface area contributed by atoms with Crippen LogP contribution in [0, 0.1) is 0 Å². The summed E-state index contributed by atoms with van der Waals surface area (Å²) in [6.07, 6.45) is 0. The van der Waals surface area contributed by atoms with E-state index in [1.165, 1.54) is 0 Å². The molecule has 3 heterocycles. The number of hydrogen-bond acceptors (Lipinski definition) is 4. The van der Waals surface area contributed by atoms with Gasteiger partial charge in [-0.1, -0.05) is 0 Å². The zero-order valence-corrected chi connectivity index (χ0v) is 4.01. The zero-order chi connectivity index (χ0) is 4.85. The van der Waals surface area contributed by atoms with Crippen molar-refractivity contribution in [1.29, 1.82) is 0 Å². The van der Waals surface area contributed by atoms with Crippen LogP contribution in [0.15, 0.2) is 11.9 Å². The lowest BCUT2D eigenvalue weighted by atomic mass is 10.9. The van der Waals surface area contributed by atoms with E-state index in [0.717, 1.165) is 0 Å². The Balaban J connectivity index is 2.37. The average Bonchev–Trinajstić information content (AvgIpc) is 1.85. The third-order valence-electron chi connectivity index (χ3n) is 0.651. The van der Waals surface area contributed by atoms with Crippen LogP contribution in [0.25, 0.3) is 0 Å². The fourth-order valence-electron chi connectivity index (χ4n) is 0.365. The Hall–Kier alpha value is -0.630. The molecule has 38 valence electrons. The summed E-state index contributed by atoms with van der Waals surface area (Å²) < 4.78 is 13.7. The summed E-state index contributed by atoms with van der Waals surface area (Å²) in [4.78, 5) is 0.